The molecule has 150 valence electrons. The molecule has 2 N–H and O–H groups in total. The maximum atomic E-state index is 13.2. The largest absolute Gasteiger partial charge is 0.366 e. The molecule has 2 heterocycles. The minimum Gasteiger partial charge on any atom is -0.366 e. The molecule has 0 aliphatic carbocycles. The second-order valence-electron chi connectivity index (χ2n) is 7.44. The third-order valence-corrected chi connectivity index (χ3v) is 7.48. The van der Waals surface area contributed by atoms with E-state index in [1.54, 1.807) is 40.8 Å². The Morgan fingerprint density at radius 2 is 1.72 bits per heavy atom. The molecule has 2 aromatic carbocycles. The van der Waals surface area contributed by atoms with Crippen molar-refractivity contribution in [1.29, 1.82) is 0 Å². The summed E-state index contributed by atoms with van der Waals surface area (Å²) in [6, 6.07) is 16.3. The molecule has 0 bridgehead atoms. The van der Waals surface area contributed by atoms with Crippen LogP contribution in [0, 0.1) is 5.92 Å². The van der Waals surface area contributed by atoms with E-state index in [2.05, 4.69) is 4.98 Å². The number of pyridine rings is 1. The molecule has 1 aliphatic heterocycles. The molecule has 1 saturated heterocycles. The minimum atomic E-state index is -3.58. The van der Waals surface area contributed by atoms with Crippen molar-refractivity contribution in [2.45, 2.75) is 24.2 Å². The Kier molecular flexibility index (Phi) is 5.34. The molecule has 0 unspecified atom stereocenters. The van der Waals surface area contributed by atoms with Crippen molar-refractivity contribution in [3.05, 3.63) is 71.9 Å². The van der Waals surface area contributed by atoms with Gasteiger partial charge in [0.25, 0.3) is 0 Å². The number of piperidine rings is 1. The highest BCUT2D eigenvalue weighted by molar-refractivity contribution is 7.89. The quantitative estimate of drug-likeness (QED) is 0.701. The molecule has 1 aliphatic rings. The number of nitrogens with zero attached hydrogens (tertiary/aromatic N) is 2. The number of amides is 1. The van der Waals surface area contributed by atoms with Crippen LogP contribution in [0.3, 0.4) is 0 Å². The Labute approximate surface area is 170 Å². The highest BCUT2D eigenvalue weighted by Gasteiger charge is 2.30. The third kappa shape index (κ3) is 4.02. The third-order valence-electron chi connectivity index (χ3n) is 5.55. The fraction of sp³-hybridized carbons (Fsp3) is 0.273. The van der Waals surface area contributed by atoms with Crippen LogP contribution in [0.5, 0.6) is 0 Å². The summed E-state index contributed by atoms with van der Waals surface area (Å²) in [6.45, 7) is 0.991. The van der Waals surface area contributed by atoms with E-state index in [1.807, 2.05) is 24.3 Å². The number of para-hydroxylation sites is 1. The topological polar surface area (TPSA) is 93.4 Å². The predicted octanol–water partition coefficient (Wildman–Crippen LogP) is 2.98. The van der Waals surface area contributed by atoms with Gasteiger partial charge in [0, 0.05) is 30.2 Å². The summed E-state index contributed by atoms with van der Waals surface area (Å²) in [5.41, 5.74) is 7.43. The van der Waals surface area contributed by atoms with Crippen LogP contribution in [0.2, 0.25) is 0 Å². The molecule has 4 rings (SSSR count). The fourth-order valence-corrected chi connectivity index (χ4v) is 5.55. The van der Waals surface area contributed by atoms with Crippen molar-refractivity contribution in [3.8, 4) is 0 Å². The van der Waals surface area contributed by atoms with Crippen LogP contribution >= 0.6 is 0 Å². The van der Waals surface area contributed by atoms with Crippen LogP contribution < -0.4 is 5.73 Å². The average molecular weight is 410 g/mol. The van der Waals surface area contributed by atoms with Crippen LogP contribution in [0.25, 0.3) is 10.9 Å². The van der Waals surface area contributed by atoms with Crippen LogP contribution in [-0.4, -0.2) is 36.7 Å². The standard InChI is InChI=1S/C22H23N3O3S/c23-22(26)19-8-6-16(7-9-19)15-17-10-13-25(14-11-17)29(27,28)20-5-1-3-18-4-2-12-24-21(18)20/h1-9,12,17H,10-11,13-15H2,(H2,23,26). The van der Waals surface area contributed by atoms with Crippen LogP contribution in [0.4, 0.5) is 0 Å². The average Bonchev–Trinajstić information content (AvgIpc) is 2.74. The summed E-state index contributed by atoms with van der Waals surface area (Å²) in [5, 5.41) is 0.822. The molecule has 1 fully saturated rings. The Bertz CT molecular complexity index is 1130. The van der Waals surface area contributed by atoms with E-state index >= 15 is 0 Å². The highest BCUT2D eigenvalue weighted by atomic mass is 32.2. The summed E-state index contributed by atoms with van der Waals surface area (Å²) >= 11 is 0. The first kappa shape index (κ1) is 19.5. The van der Waals surface area contributed by atoms with Crippen LogP contribution in [-0.2, 0) is 16.4 Å². The molecule has 0 saturated carbocycles. The molecule has 29 heavy (non-hydrogen) atoms. The first-order valence-corrected chi connectivity index (χ1v) is 11.1. The van der Waals surface area contributed by atoms with Gasteiger partial charge in [0.05, 0.1) is 5.52 Å². The Morgan fingerprint density at radius 3 is 2.41 bits per heavy atom. The Hall–Kier alpha value is -2.77. The van der Waals surface area contributed by atoms with E-state index in [0.717, 1.165) is 30.2 Å². The molecule has 1 aromatic heterocycles. The van der Waals surface area contributed by atoms with E-state index < -0.39 is 15.9 Å². The van der Waals surface area contributed by atoms with Crippen molar-refractivity contribution in [1.82, 2.24) is 9.29 Å². The summed E-state index contributed by atoms with van der Waals surface area (Å²) in [5.74, 6) is -0.0236. The normalized spacial score (nSPS) is 16.1. The number of nitrogens with two attached hydrogens (primary N) is 1. The molecule has 0 atom stereocenters. The number of aromatic nitrogens is 1. The lowest BCUT2D eigenvalue weighted by atomic mass is 9.91. The lowest BCUT2D eigenvalue weighted by Gasteiger charge is -2.31. The van der Waals surface area contributed by atoms with Gasteiger partial charge >= 0.3 is 0 Å². The number of hydrogen-bond acceptors (Lipinski definition) is 4. The molecule has 7 heteroatoms. The van der Waals surface area contributed by atoms with Gasteiger partial charge in [-0.1, -0.05) is 30.3 Å². The van der Waals surface area contributed by atoms with E-state index in [9.17, 15) is 13.2 Å². The number of primary amides is 1. The molecular weight excluding hydrogens is 386 g/mol. The number of sulfonamides is 1. The lowest BCUT2D eigenvalue weighted by molar-refractivity contribution is 0.100. The van der Waals surface area contributed by atoms with E-state index in [0.29, 0.717) is 30.1 Å². The molecular formula is C22H23N3O3S. The first-order chi connectivity index (χ1) is 13.9. The van der Waals surface area contributed by atoms with Gasteiger partial charge in [-0.05, 0) is 55.0 Å². The predicted molar refractivity (Wildman–Crippen MR) is 112 cm³/mol. The van der Waals surface area contributed by atoms with Crippen LogP contribution in [0.15, 0.2) is 65.7 Å². The van der Waals surface area contributed by atoms with Gasteiger partial charge in [-0.25, -0.2) is 8.42 Å². The molecule has 3 aromatic rings. The summed E-state index contributed by atoms with van der Waals surface area (Å²) < 4.78 is 28.0. The van der Waals surface area contributed by atoms with Crippen molar-refractivity contribution < 1.29 is 13.2 Å². The monoisotopic (exact) mass is 409 g/mol. The number of rotatable bonds is 5. The minimum absolute atomic E-state index is 0.274. The van der Waals surface area contributed by atoms with Gasteiger partial charge < -0.3 is 5.73 Å². The second kappa shape index (κ2) is 7.93. The Morgan fingerprint density at radius 1 is 1.03 bits per heavy atom. The van der Waals surface area contributed by atoms with Crippen molar-refractivity contribution in [2.24, 2.45) is 11.7 Å². The zero-order chi connectivity index (χ0) is 20.4. The number of carbonyl (C=O) groups is 1. The summed E-state index contributed by atoms with van der Waals surface area (Å²) in [6.07, 6.45) is 4.09. The summed E-state index contributed by atoms with van der Waals surface area (Å²) in [4.78, 5) is 15.8. The van der Waals surface area contributed by atoms with Gasteiger partial charge in [-0.15, -0.1) is 0 Å². The van der Waals surface area contributed by atoms with Gasteiger partial charge in [-0.3, -0.25) is 9.78 Å². The van der Waals surface area contributed by atoms with E-state index in [-0.39, 0.29) is 4.90 Å². The molecule has 1 amide bonds. The number of carbonyl (C=O) groups excluding carboxylic acids is 1. The first-order valence-electron chi connectivity index (χ1n) is 9.68. The number of hydrogen-bond donors (Lipinski definition) is 1. The maximum Gasteiger partial charge on any atom is 0.248 e. The van der Waals surface area contributed by atoms with Crippen LogP contribution in [0.1, 0.15) is 28.8 Å². The fourth-order valence-electron chi connectivity index (χ4n) is 3.92. The van der Waals surface area contributed by atoms with Gasteiger partial charge in [0.2, 0.25) is 15.9 Å². The van der Waals surface area contributed by atoms with E-state index in [1.165, 1.54) is 0 Å². The van der Waals surface area contributed by atoms with Crippen molar-refractivity contribution >= 4 is 26.8 Å². The van der Waals surface area contributed by atoms with Gasteiger partial charge in [-0.2, -0.15) is 4.31 Å². The maximum absolute atomic E-state index is 13.2. The number of fused-ring (bicyclic) bond motifs is 1. The zero-order valence-electron chi connectivity index (χ0n) is 16.0. The van der Waals surface area contributed by atoms with E-state index in [4.69, 9.17) is 5.73 Å². The SMILES string of the molecule is NC(=O)c1ccc(CC2CCN(S(=O)(=O)c3cccc4cccnc34)CC2)cc1. The van der Waals surface area contributed by atoms with Crippen molar-refractivity contribution in [2.75, 3.05) is 13.1 Å². The zero-order valence-corrected chi connectivity index (χ0v) is 16.8. The molecule has 0 spiro atoms. The smallest absolute Gasteiger partial charge is 0.248 e. The Balaban J connectivity index is 1.45. The molecule has 6 nitrogen and oxygen atoms in total. The number of benzene rings is 2. The summed E-state index contributed by atoms with van der Waals surface area (Å²) in [7, 11) is -3.58. The second-order valence-corrected chi connectivity index (χ2v) is 9.35. The molecule has 0 radical (unpaired) electrons. The van der Waals surface area contributed by atoms with Crippen molar-refractivity contribution in [3.63, 3.8) is 0 Å². The van der Waals surface area contributed by atoms with Gasteiger partial charge in [0.1, 0.15) is 4.90 Å². The highest BCUT2D eigenvalue weighted by Crippen LogP contribution is 2.29. The lowest BCUT2D eigenvalue weighted by Crippen LogP contribution is -2.39. The van der Waals surface area contributed by atoms with Gasteiger partial charge in [0.15, 0.2) is 0 Å².